The lowest BCUT2D eigenvalue weighted by Crippen LogP contribution is -2.20. The SMILES string of the molecule is O=C(COc1ccc(C(=O)c2ccccc2)cc1)Nc1cccc(C(F)(F)F)c1. The third-order valence-electron chi connectivity index (χ3n) is 4.00. The standard InChI is InChI=1S/C22H16F3NO3/c23-22(24,25)17-7-4-8-18(13-17)26-20(27)14-29-19-11-9-16(10-12-19)21(28)15-5-2-1-3-6-15/h1-13H,14H2,(H,26,27). The van der Waals surface area contributed by atoms with Crippen LogP contribution in [0.3, 0.4) is 0 Å². The number of nitrogens with one attached hydrogen (secondary N) is 1. The Morgan fingerprint density at radius 2 is 1.48 bits per heavy atom. The van der Waals surface area contributed by atoms with E-state index in [0.29, 0.717) is 16.9 Å². The van der Waals surface area contributed by atoms with Gasteiger partial charge in [0.25, 0.3) is 5.91 Å². The third-order valence-corrected chi connectivity index (χ3v) is 4.00. The molecule has 0 heterocycles. The predicted molar refractivity (Wildman–Crippen MR) is 102 cm³/mol. The number of hydrogen-bond acceptors (Lipinski definition) is 3. The molecule has 0 radical (unpaired) electrons. The fourth-order valence-corrected chi connectivity index (χ4v) is 2.58. The van der Waals surface area contributed by atoms with Crippen LogP contribution in [0, 0.1) is 0 Å². The first kappa shape index (κ1) is 20.1. The molecule has 1 amide bonds. The van der Waals surface area contributed by atoms with Crippen LogP contribution in [-0.2, 0) is 11.0 Å². The summed E-state index contributed by atoms with van der Waals surface area (Å²) in [4.78, 5) is 24.3. The van der Waals surface area contributed by atoms with Crippen molar-refractivity contribution in [3.63, 3.8) is 0 Å². The molecule has 0 saturated heterocycles. The maximum Gasteiger partial charge on any atom is 0.416 e. The predicted octanol–water partition coefficient (Wildman–Crippen LogP) is 4.95. The van der Waals surface area contributed by atoms with Gasteiger partial charge in [-0.15, -0.1) is 0 Å². The van der Waals surface area contributed by atoms with E-state index < -0.39 is 17.6 Å². The van der Waals surface area contributed by atoms with Gasteiger partial charge in [-0.1, -0.05) is 36.4 Å². The Balaban J connectivity index is 1.56. The van der Waals surface area contributed by atoms with E-state index in [4.69, 9.17) is 4.74 Å². The summed E-state index contributed by atoms with van der Waals surface area (Å²) >= 11 is 0. The Labute approximate surface area is 164 Å². The van der Waals surface area contributed by atoms with E-state index in [2.05, 4.69) is 5.32 Å². The fourth-order valence-electron chi connectivity index (χ4n) is 2.58. The van der Waals surface area contributed by atoms with Crippen molar-refractivity contribution >= 4 is 17.4 Å². The number of hydrogen-bond donors (Lipinski definition) is 1. The normalized spacial score (nSPS) is 11.0. The molecule has 0 aromatic heterocycles. The lowest BCUT2D eigenvalue weighted by atomic mass is 10.0. The largest absolute Gasteiger partial charge is 0.484 e. The van der Waals surface area contributed by atoms with Crippen LogP contribution in [0.25, 0.3) is 0 Å². The lowest BCUT2D eigenvalue weighted by molar-refractivity contribution is -0.137. The Hall–Kier alpha value is -3.61. The number of halogens is 3. The van der Waals surface area contributed by atoms with Crippen LogP contribution in [0.4, 0.5) is 18.9 Å². The van der Waals surface area contributed by atoms with Crippen LogP contribution in [0.15, 0.2) is 78.9 Å². The van der Waals surface area contributed by atoms with Crippen molar-refractivity contribution in [3.8, 4) is 5.75 Å². The van der Waals surface area contributed by atoms with Gasteiger partial charge in [-0.25, -0.2) is 0 Å². The number of rotatable bonds is 6. The second-order valence-corrected chi connectivity index (χ2v) is 6.13. The van der Waals surface area contributed by atoms with Crippen LogP contribution >= 0.6 is 0 Å². The summed E-state index contributed by atoms with van der Waals surface area (Å²) in [7, 11) is 0. The van der Waals surface area contributed by atoms with E-state index in [9.17, 15) is 22.8 Å². The molecular formula is C22H16F3NO3. The van der Waals surface area contributed by atoms with Crippen molar-refractivity contribution in [3.05, 3.63) is 95.6 Å². The first-order valence-electron chi connectivity index (χ1n) is 8.62. The average Bonchev–Trinajstić information content (AvgIpc) is 2.72. The molecule has 0 aliphatic carbocycles. The molecule has 0 fully saturated rings. The summed E-state index contributed by atoms with van der Waals surface area (Å²) in [5.74, 6) is -0.387. The minimum Gasteiger partial charge on any atom is -0.484 e. The van der Waals surface area contributed by atoms with E-state index in [-0.39, 0.29) is 18.1 Å². The van der Waals surface area contributed by atoms with Gasteiger partial charge in [0.1, 0.15) is 5.75 Å². The minimum atomic E-state index is -4.49. The molecule has 7 heteroatoms. The minimum absolute atomic E-state index is 0.0252. The van der Waals surface area contributed by atoms with Gasteiger partial charge < -0.3 is 10.1 Å². The van der Waals surface area contributed by atoms with Crippen molar-refractivity contribution in [2.24, 2.45) is 0 Å². The summed E-state index contributed by atoms with van der Waals surface area (Å²) < 4.78 is 43.5. The zero-order valence-corrected chi connectivity index (χ0v) is 15.1. The van der Waals surface area contributed by atoms with Crippen LogP contribution in [-0.4, -0.2) is 18.3 Å². The first-order chi connectivity index (χ1) is 13.8. The molecule has 0 atom stereocenters. The first-order valence-corrected chi connectivity index (χ1v) is 8.62. The van der Waals surface area contributed by atoms with Crippen molar-refractivity contribution in [2.45, 2.75) is 6.18 Å². The monoisotopic (exact) mass is 399 g/mol. The maximum absolute atomic E-state index is 12.7. The number of alkyl halides is 3. The summed E-state index contributed by atoms with van der Waals surface area (Å²) in [5, 5.41) is 2.36. The second-order valence-electron chi connectivity index (χ2n) is 6.13. The summed E-state index contributed by atoms with van der Waals surface area (Å²) in [6.45, 7) is -0.387. The van der Waals surface area contributed by atoms with Gasteiger partial charge in [0.2, 0.25) is 0 Å². The molecule has 0 unspecified atom stereocenters. The van der Waals surface area contributed by atoms with E-state index in [0.717, 1.165) is 12.1 Å². The highest BCUT2D eigenvalue weighted by Gasteiger charge is 2.30. The summed E-state index contributed by atoms with van der Waals surface area (Å²) in [5.41, 5.74) is 0.200. The molecule has 0 spiro atoms. The average molecular weight is 399 g/mol. The molecule has 3 aromatic rings. The van der Waals surface area contributed by atoms with Crippen molar-refractivity contribution in [1.82, 2.24) is 0 Å². The molecule has 0 aliphatic heterocycles. The van der Waals surface area contributed by atoms with Gasteiger partial charge in [-0.05, 0) is 42.5 Å². The number of amides is 1. The fraction of sp³-hybridized carbons (Fsp3) is 0.0909. The number of carbonyl (C=O) groups excluding carboxylic acids is 2. The van der Waals surface area contributed by atoms with Crippen molar-refractivity contribution < 1.29 is 27.5 Å². The van der Waals surface area contributed by atoms with Gasteiger partial charge in [-0.2, -0.15) is 13.2 Å². The maximum atomic E-state index is 12.7. The summed E-state index contributed by atoms with van der Waals surface area (Å²) in [6.07, 6.45) is -4.49. The number of carbonyl (C=O) groups is 2. The summed E-state index contributed by atoms with van der Waals surface area (Å²) in [6, 6.07) is 19.4. The number of anilines is 1. The quantitative estimate of drug-likeness (QED) is 0.597. The topological polar surface area (TPSA) is 55.4 Å². The Morgan fingerprint density at radius 3 is 2.14 bits per heavy atom. The molecule has 0 aliphatic rings. The molecule has 148 valence electrons. The highest BCUT2D eigenvalue weighted by atomic mass is 19.4. The Bertz CT molecular complexity index is 1000. The van der Waals surface area contributed by atoms with Crippen LogP contribution in [0.1, 0.15) is 21.5 Å². The van der Waals surface area contributed by atoms with Gasteiger partial charge in [-0.3, -0.25) is 9.59 Å². The van der Waals surface area contributed by atoms with Gasteiger partial charge in [0.15, 0.2) is 12.4 Å². The van der Waals surface area contributed by atoms with Gasteiger partial charge >= 0.3 is 6.18 Å². The van der Waals surface area contributed by atoms with E-state index in [1.807, 2.05) is 6.07 Å². The molecular weight excluding hydrogens is 383 g/mol. The number of ketones is 1. The second kappa shape index (κ2) is 8.60. The highest BCUT2D eigenvalue weighted by Crippen LogP contribution is 2.30. The molecule has 3 aromatic carbocycles. The lowest BCUT2D eigenvalue weighted by Gasteiger charge is -2.10. The number of ether oxygens (including phenoxy) is 1. The zero-order chi connectivity index (χ0) is 20.9. The van der Waals surface area contributed by atoms with Gasteiger partial charge in [0.05, 0.1) is 5.56 Å². The van der Waals surface area contributed by atoms with Crippen LogP contribution < -0.4 is 10.1 Å². The molecule has 29 heavy (non-hydrogen) atoms. The molecule has 0 bridgehead atoms. The Kier molecular flexibility index (Phi) is 5.97. The molecule has 4 nitrogen and oxygen atoms in total. The zero-order valence-electron chi connectivity index (χ0n) is 15.1. The molecule has 1 N–H and O–H groups in total. The van der Waals surface area contributed by atoms with Crippen LogP contribution in [0.2, 0.25) is 0 Å². The van der Waals surface area contributed by atoms with Gasteiger partial charge in [0, 0.05) is 16.8 Å². The smallest absolute Gasteiger partial charge is 0.416 e. The number of benzene rings is 3. The third kappa shape index (κ3) is 5.44. The van der Waals surface area contributed by atoms with E-state index >= 15 is 0 Å². The van der Waals surface area contributed by atoms with E-state index in [1.165, 1.54) is 12.1 Å². The van der Waals surface area contributed by atoms with E-state index in [1.54, 1.807) is 48.5 Å². The highest BCUT2D eigenvalue weighted by molar-refractivity contribution is 6.09. The molecule has 3 rings (SSSR count). The van der Waals surface area contributed by atoms with Crippen LogP contribution in [0.5, 0.6) is 5.75 Å². The van der Waals surface area contributed by atoms with Crippen molar-refractivity contribution in [2.75, 3.05) is 11.9 Å². The molecule has 0 saturated carbocycles. The Morgan fingerprint density at radius 1 is 0.828 bits per heavy atom. The van der Waals surface area contributed by atoms with Crippen molar-refractivity contribution in [1.29, 1.82) is 0 Å².